The van der Waals surface area contributed by atoms with Gasteiger partial charge >= 0.3 is 12.3 Å². The molecule has 106 valence electrons. The van der Waals surface area contributed by atoms with Crippen molar-refractivity contribution in [3.05, 3.63) is 51.9 Å². The summed E-state index contributed by atoms with van der Waals surface area (Å²) in [5.74, 6) is 0. The lowest BCUT2D eigenvalue weighted by molar-refractivity contribution is 0.0855. The maximum Gasteiger partial charge on any atom is 0.524 e. The molecule has 0 fully saturated rings. The van der Waals surface area contributed by atoms with Crippen LogP contribution in [0.25, 0.3) is 12.2 Å². The number of ether oxygens (including phenoxy) is 2. The smallest absolute Gasteiger partial charge is 0.449 e. The topological polar surface area (TPSA) is 72.8 Å². The van der Waals surface area contributed by atoms with Crippen molar-refractivity contribution in [3.8, 4) is 5.06 Å². The van der Waals surface area contributed by atoms with Gasteiger partial charge in [0.05, 0.1) is 0 Å². The summed E-state index contributed by atoms with van der Waals surface area (Å²) in [5, 5.41) is 8.65. The number of fused-ring (bicyclic) bond motifs is 2. The summed E-state index contributed by atoms with van der Waals surface area (Å²) in [6.07, 6.45) is 1.76. The van der Waals surface area contributed by atoms with Crippen LogP contribution in [-0.2, 0) is 11.2 Å². The van der Waals surface area contributed by atoms with Gasteiger partial charge in [-0.25, -0.2) is 9.59 Å². The minimum atomic E-state index is -1.69. The summed E-state index contributed by atoms with van der Waals surface area (Å²) in [7, 11) is 0. The van der Waals surface area contributed by atoms with Gasteiger partial charge < -0.3 is 14.6 Å². The van der Waals surface area contributed by atoms with Crippen LogP contribution in [0, 0.1) is 0 Å². The fraction of sp³-hybridized carbons (Fsp3) is 0.0667. The quantitative estimate of drug-likeness (QED) is 0.543. The Bertz CT molecular complexity index is 744. The monoisotopic (exact) mass is 302 g/mol. The summed E-state index contributed by atoms with van der Waals surface area (Å²) in [4.78, 5) is 22.4. The van der Waals surface area contributed by atoms with Gasteiger partial charge in [-0.1, -0.05) is 41.7 Å². The Balaban J connectivity index is 1.83. The Morgan fingerprint density at radius 2 is 1.95 bits per heavy atom. The SMILES string of the molecule is O=C(O)OC(=O)Oc1cc2c(s1)C=Cc1ccccc1C2. The van der Waals surface area contributed by atoms with E-state index < -0.39 is 12.3 Å². The normalized spacial score (nSPS) is 12.0. The van der Waals surface area contributed by atoms with Gasteiger partial charge in [-0.3, -0.25) is 0 Å². The molecular formula is C15H10O5S. The molecule has 1 aliphatic carbocycles. The molecule has 0 spiro atoms. The van der Waals surface area contributed by atoms with E-state index in [-0.39, 0.29) is 0 Å². The zero-order valence-electron chi connectivity index (χ0n) is 10.7. The average Bonchev–Trinajstić information content (AvgIpc) is 2.70. The van der Waals surface area contributed by atoms with Crippen molar-refractivity contribution in [2.45, 2.75) is 6.42 Å². The highest BCUT2D eigenvalue weighted by atomic mass is 32.1. The van der Waals surface area contributed by atoms with E-state index in [2.05, 4.69) is 4.74 Å². The second-order valence-corrected chi connectivity index (χ2v) is 5.43. The lowest BCUT2D eigenvalue weighted by atomic mass is 10.0. The van der Waals surface area contributed by atoms with Gasteiger partial charge in [-0.2, -0.15) is 0 Å². The van der Waals surface area contributed by atoms with Gasteiger partial charge in [0.1, 0.15) is 0 Å². The molecule has 6 heteroatoms. The Hall–Kier alpha value is -2.60. The third-order valence-electron chi connectivity index (χ3n) is 3.02. The number of hydrogen-bond donors (Lipinski definition) is 1. The van der Waals surface area contributed by atoms with Crippen molar-refractivity contribution < 1.29 is 24.2 Å². The third-order valence-corrected chi connectivity index (χ3v) is 4.04. The molecule has 5 nitrogen and oxygen atoms in total. The summed E-state index contributed by atoms with van der Waals surface area (Å²) >= 11 is 1.27. The Kier molecular flexibility index (Phi) is 3.45. The van der Waals surface area contributed by atoms with E-state index in [9.17, 15) is 9.59 Å². The molecule has 2 aromatic rings. The van der Waals surface area contributed by atoms with Crippen LogP contribution in [0.2, 0.25) is 0 Å². The highest BCUT2D eigenvalue weighted by Gasteiger charge is 2.17. The van der Waals surface area contributed by atoms with Crippen LogP contribution in [0.3, 0.4) is 0 Å². The first-order valence-electron chi connectivity index (χ1n) is 6.13. The molecule has 1 aromatic carbocycles. The zero-order chi connectivity index (χ0) is 14.8. The predicted octanol–water partition coefficient (Wildman–Crippen LogP) is 4.02. The summed E-state index contributed by atoms with van der Waals surface area (Å²) in [6.45, 7) is 0. The standard InChI is InChI=1S/C15H10O5S/c16-14(17)20-15(18)19-13-8-11-7-10-4-2-1-3-9(10)5-6-12(11)21-13/h1-6,8H,7H2,(H,16,17). The second-order valence-electron chi connectivity index (χ2n) is 4.38. The minimum Gasteiger partial charge on any atom is -0.449 e. The van der Waals surface area contributed by atoms with Crippen LogP contribution >= 0.6 is 11.3 Å². The van der Waals surface area contributed by atoms with Crippen LogP contribution in [0.4, 0.5) is 9.59 Å². The van der Waals surface area contributed by atoms with Crippen LogP contribution < -0.4 is 4.74 Å². The number of benzene rings is 1. The molecule has 0 saturated carbocycles. The predicted molar refractivity (Wildman–Crippen MR) is 77.6 cm³/mol. The van der Waals surface area contributed by atoms with Crippen molar-refractivity contribution in [2.24, 2.45) is 0 Å². The number of rotatable bonds is 1. The fourth-order valence-electron chi connectivity index (χ4n) is 2.15. The Morgan fingerprint density at radius 1 is 1.14 bits per heavy atom. The lowest BCUT2D eigenvalue weighted by Gasteiger charge is -2.02. The van der Waals surface area contributed by atoms with Gasteiger partial charge in [0.25, 0.3) is 0 Å². The van der Waals surface area contributed by atoms with Crippen LogP contribution in [0.5, 0.6) is 5.06 Å². The van der Waals surface area contributed by atoms with Gasteiger partial charge in [-0.15, -0.1) is 0 Å². The van der Waals surface area contributed by atoms with E-state index in [0.29, 0.717) is 5.06 Å². The number of carbonyl (C=O) groups excluding carboxylic acids is 1. The highest BCUT2D eigenvalue weighted by Crippen LogP contribution is 2.35. The zero-order valence-corrected chi connectivity index (χ0v) is 11.6. The molecule has 0 atom stereocenters. The van der Waals surface area contributed by atoms with Gasteiger partial charge in [0, 0.05) is 4.88 Å². The molecule has 3 rings (SSSR count). The van der Waals surface area contributed by atoms with Gasteiger partial charge in [-0.05, 0) is 35.3 Å². The molecule has 1 N–H and O–H groups in total. The molecule has 1 aromatic heterocycles. The Morgan fingerprint density at radius 3 is 2.76 bits per heavy atom. The highest BCUT2D eigenvalue weighted by molar-refractivity contribution is 7.15. The molecule has 1 heterocycles. The number of carboxylic acid groups (broad SMARTS) is 1. The van der Waals surface area contributed by atoms with Crippen LogP contribution in [-0.4, -0.2) is 17.4 Å². The van der Waals surface area contributed by atoms with Crippen molar-refractivity contribution >= 4 is 35.8 Å². The lowest BCUT2D eigenvalue weighted by Crippen LogP contribution is -2.13. The molecule has 0 radical (unpaired) electrons. The van der Waals surface area contributed by atoms with E-state index in [1.54, 1.807) is 6.07 Å². The number of thiophene rings is 1. The minimum absolute atomic E-state index is 0.315. The largest absolute Gasteiger partial charge is 0.524 e. The summed E-state index contributed by atoms with van der Waals surface area (Å²) in [5.41, 5.74) is 3.37. The molecular weight excluding hydrogens is 292 g/mol. The molecule has 21 heavy (non-hydrogen) atoms. The first kappa shape index (κ1) is 13.4. The van der Waals surface area contributed by atoms with Gasteiger partial charge in [0.15, 0.2) is 5.06 Å². The van der Waals surface area contributed by atoms with Crippen molar-refractivity contribution in [3.63, 3.8) is 0 Å². The van der Waals surface area contributed by atoms with Crippen molar-refractivity contribution in [2.75, 3.05) is 0 Å². The number of hydrogen-bond acceptors (Lipinski definition) is 5. The van der Waals surface area contributed by atoms with Crippen LogP contribution in [0.15, 0.2) is 30.3 Å². The van der Waals surface area contributed by atoms with Crippen LogP contribution in [0.1, 0.15) is 21.6 Å². The Labute approximate surface area is 124 Å². The molecule has 0 bridgehead atoms. The van der Waals surface area contributed by atoms with E-state index in [1.807, 2.05) is 36.4 Å². The van der Waals surface area contributed by atoms with Crippen molar-refractivity contribution in [1.29, 1.82) is 0 Å². The molecule has 0 saturated heterocycles. The third kappa shape index (κ3) is 2.95. The summed E-state index contributed by atoms with van der Waals surface area (Å²) < 4.78 is 8.76. The van der Waals surface area contributed by atoms with E-state index in [1.165, 1.54) is 16.9 Å². The van der Waals surface area contributed by atoms with E-state index in [4.69, 9.17) is 9.84 Å². The number of carbonyl (C=O) groups is 2. The molecule has 1 aliphatic rings. The maximum absolute atomic E-state index is 11.2. The first-order valence-corrected chi connectivity index (χ1v) is 6.95. The first-order chi connectivity index (χ1) is 10.1. The molecule has 0 unspecified atom stereocenters. The molecule has 0 amide bonds. The van der Waals surface area contributed by atoms with Gasteiger partial charge in [0.2, 0.25) is 0 Å². The van der Waals surface area contributed by atoms with E-state index in [0.717, 1.165) is 22.4 Å². The second kappa shape index (κ2) is 5.41. The maximum atomic E-state index is 11.2. The average molecular weight is 302 g/mol. The summed E-state index contributed by atoms with van der Waals surface area (Å²) in [6, 6.07) is 9.79. The molecule has 0 aliphatic heterocycles. The fourth-order valence-corrected chi connectivity index (χ4v) is 3.07. The van der Waals surface area contributed by atoms with E-state index >= 15 is 0 Å². The van der Waals surface area contributed by atoms with Crippen molar-refractivity contribution in [1.82, 2.24) is 0 Å².